The van der Waals surface area contributed by atoms with Gasteiger partial charge < -0.3 is 14.8 Å². The van der Waals surface area contributed by atoms with E-state index in [4.69, 9.17) is 9.47 Å². The highest BCUT2D eigenvalue weighted by Crippen LogP contribution is 2.24. The molecule has 1 aromatic rings. The summed E-state index contributed by atoms with van der Waals surface area (Å²) in [7, 11) is 0. The van der Waals surface area contributed by atoms with Crippen molar-refractivity contribution in [3.05, 3.63) is 29.8 Å². The zero-order valence-corrected chi connectivity index (χ0v) is 13.1. The van der Waals surface area contributed by atoms with Gasteiger partial charge in [0.05, 0.1) is 18.8 Å². The minimum Gasteiger partial charge on any atom is -0.491 e. The van der Waals surface area contributed by atoms with Crippen LogP contribution in [0.3, 0.4) is 0 Å². The molecule has 1 heterocycles. The Labute approximate surface area is 122 Å². The molecule has 112 valence electrons. The second kappa shape index (κ2) is 7.09. The summed E-state index contributed by atoms with van der Waals surface area (Å²) in [6, 6.07) is 8.76. The van der Waals surface area contributed by atoms with Gasteiger partial charge in [0.25, 0.3) is 0 Å². The van der Waals surface area contributed by atoms with Gasteiger partial charge in [-0.1, -0.05) is 26.0 Å². The molecule has 3 heteroatoms. The van der Waals surface area contributed by atoms with Gasteiger partial charge >= 0.3 is 0 Å². The summed E-state index contributed by atoms with van der Waals surface area (Å²) in [5.74, 6) is 1.63. The lowest BCUT2D eigenvalue weighted by molar-refractivity contribution is -0.00133. The standard InChI is InChI=1S/C17H27NO2/c1-12(2)9-15-11-19-17(10-18-15)14-5-7-16(8-6-14)20-13(3)4/h5-8,12-13,15,17-18H,9-11H2,1-4H3. The first-order valence-corrected chi connectivity index (χ1v) is 7.66. The molecule has 1 aliphatic heterocycles. The molecule has 2 rings (SSSR count). The quantitative estimate of drug-likeness (QED) is 0.893. The van der Waals surface area contributed by atoms with Gasteiger partial charge in [0, 0.05) is 12.6 Å². The third kappa shape index (κ3) is 4.50. The average molecular weight is 277 g/mol. The molecule has 0 bridgehead atoms. The van der Waals surface area contributed by atoms with Crippen molar-refractivity contribution < 1.29 is 9.47 Å². The van der Waals surface area contributed by atoms with Crippen LogP contribution < -0.4 is 10.1 Å². The topological polar surface area (TPSA) is 30.5 Å². The second-order valence-electron chi connectivity index (χ2n) is 6.29. The van der Waals surface area contributed by atoms with Gasteiger partial charge in [-0.15, -0.1) is 0 Å². The van der Waals surface area contributed by atoms with Crippen molar-refractivity contribution in [3.8, 4) is 5.75 Å². The fourth-order valence-corrected chi connectivity index (χ4v) is 2.59. The van der Waals surface area contributed by atoms with E-state index in [1.165, 1.54) is 12.0 Å². The summed E-state index contributed by atoms with van der Waals surface area (Å²) in [6.45, 7) is 10.3. The number of morpholine rings is 1. The lowest BCUT2D eigenvalue weighted by Gasteiger charge is -2.31. The molecule has 20 heavy (non-hydrogen) atoms. The Morgan fingerprint density at radius 3 is 2.40 bits per heavy atom. The molecule has 0 radical (unpaired) electrons. The van der Waals surface area contributed by atoms with Gasteiger partial charge in [-0.3, -0.25) is 0 Å². The highest BCUT2D eigenvalue weighted by atomic mass is 16.5. The average Bonchev–Trinajstić information content (AvgIpc) is 2.39. The van der Waals surface area contributed by atoms with Gasteiger partial charge in [0.15, 0.2) is 0 Å². The van der Waals surface area contributed by atoms with Crippen molar-refractivity contribution in [2.75, 3.05) is 13.2 Å². The first kappa shape index (κ1) is 15.3. The molecular formula is C17H27NO2. The lowest BCUT2D eigenvalue weighted by Crippen LogP contribution is -2.43. The van der Waals surface area contributed by atoms with Gasteiger partial charge in [-0.2, -0.15) is 0 Å². The van der Waals surface area contributed by atoms with Crippen molar-refractivity contribution in [2.24, 2.45) is 5.92 Å². The Morgan fingerprint density at radius 1 is 1.20 bits per heavy atom. The van der Waals surface area contributed by atoms with E-state index >= 15 is 0 Å². The maximum absolute atomic E-state index is 6.00. The first-order chi connectivity index (χ1) is 9.54. The van der Waals surface area contributed by atoms with Crippen molar-refractivity contribution in [3.63, 3.8) is 0 Å². The number of ether oxygens (including phenoxy) is 2. The molecule has 2 unspecified atom stereocenters. The fraction of sp³-hybridized carbons (Fsp3) is 0.647. The van der Waals surface area contributed by atoms with Crippen LogP contribution in [-0.2, 0) is 4.74 Å². The van der Waals surface area contributed by atoms with E-state index in [1.807, 2.05) is 26.0 Å². The molecule has 0 aliphatic carbocycles. The van der Waals surface area contributed by atoms with E-state index in [0.717, 1.165) is 18.9 Å². The van der Waals surface area contributed by atoms with Crippen molar-refractivity contribution in [1.29, 1.82) is 0 Å². The van der Waals surface area contributed by atoms with E-state index in [1.54, 1.807) is 0 Å². The summed E-state index contributed by atoms with van der Waals surface area (Å²) >= 11 is 0. The fourth-order valence-electron chi connectivity index (χ4n) is 2.59. The molecule has 0 spiro atoms. The maximum Gasteiger partial charge on any atom is 0.119 e. The Balaban J connectivity index is 1.87. The summed E-state index contributed by atoms with van der Waals surface area (Å²) in [6.07, 6.45) is 1.55. The van der Waals surface area contributed by atoms with Gasteiger partial charge in [-0.25, -0.2) is 0 Å². The molecule has 1 N–H and O–H groups in total. The Morgan fingerprint density at radius 2 is 1.90 bits per heavy atom. The number of nitrogens with one attached hydrogen (secondary N) is 1. The molecule has 0 saturated carbocycles. The summed E-state index contributed by atoms with van der Waals surface area (Å²) < 4.78 is 11.7. The zero-order chi connectivity index (χ0) is 14.5. The summed E-state index contributed by atoms with van der Waals surface area (Å²) in [4.78, 5) is 0. The molecular weight excluding hydrogens is 250 g/mol. The molecule has 0 aromatic heterocycles. The predicted octanol–water partition coefficient (Wildman–Crippen LogP) is 3.55. The van der Waals surface area contributed by atoms with E-state index in [2.05, 4.69) is 31.3 Å². The van der Waals surface area contributed by atoms with E-state index in [0.29, 0.717) is 12.0 Å². The number of hydrogen-bond donors (Lipinski definition) is 1. The largest absolute Gasteiger partial charge is 0.491 e. The highest BCUT2D eigenvalue weighted by Gasteiger charge is 2.22. The zero-order valence-electron chi connectivity index (χ0n) is 13.1. The van der Waals surface area contributed by atoms with Crippen LogP contribution in [0.2, 0.25) is 0 Å². The normalized spacial score (nSPS) is 23.3. The predicted molar refractivity (Wildman–Crippen MR) is 82.1 cm³/mol. The molecule has 0 amide bonds. The third-order valence-corrected chi connectivity index (χ3v) is 3.47. The molecule has 1 fully saturated rings. The molecule has 1 aromatic carbocycles. The number of benzene rings is 1. The molecule has 1 saturated heterocycles. The van der Waals surface area contributed by atoms with Crippen molar-refractivity contribution in [1.82, 2.24) is 5.32 Å². The maximum atomic E-state index is 6.00. The van der Waals surface area contributed by atoms with Crippen LogP contribution in [0.1, 0.15) is 45.8 Å². The number of hydrogen-bond acceptors (Lipinski definition) is 3. The summed E-state index contributed by atoms with van der Waals surface area (Å²) in [5, 5.41) is 3.59. The van der Waals surface area contributed by atoms with Crippen LogP contribution in [0, 0.1) is 5.92 Å². The van der Waals surface area contributed by atoms with Crippen LogP contribution in [0.15, 0.2) is 24.3 Å². The monoisotopic (exact) mass is 277 g/mol. The lowest BCUT2D eigenvalue weighted by atomic mass is 10.0. The Kier molecular flexibility index (Phi) is 5.44. The Bertz CT molecular complexity index is 392. The van der Waals surface area contributed by atoms with Crippen LogP contribution >= 0.6 is 0 Å². The van der Waals surface area contributed by atoms with Gasteiger partial charge in [0.1, 0.15) is 5.75 Å². The molecule has 1 aliphatic rings. The van der Waals surface area contributed by atoms with E-state index < -0.39 is 0 Å². The second-order valence-corrected chi connectivity index (χ2v) is 6.29. The van der Waals surface area contributed by atoms with Crippen LogP contribution in [-0.4, -0.2) is 25.3 Å². The highest BCUT2D eigenvalue weighted by molar-refractivity contribution is 5.29. The van der Waals surface area contributed by atoms with Crippen LogP contribution in [0.25, 0.3) is 0 Å². The SMILES string of the molecule is CC(C)CC1COC(c2ccc(OC(C)C)cc2)CN1. The van der Waals surface area contributed by atoms with Crippen LogP contribution in [0.4, 0.5) is 0 Å². The van der Waals surface area contributed by atoms with Crippen molar-refractivity contribution in [2.45, 2.75) is 52.4 Å². The number of rotatable bonds is 5. The molecule has 2 atom stereocenters. The van der Waals surface area contributed by atoms with Gasteiger partial charge in [-0.05, 0) is 43.9 Å². The third-order valence-electron chi connectivity index (χ3n) is 3.47. The van der Waals surface area contributed by atoms with Crippen LogP contribution in [0.5, 0.6) is 5.75 Å². The minimum absolute atomic E-state index is 0.159. The van der Waals surface area contributed by atoms with Crippen molar-refractivity contribution >= 4 is 0 Å². The summed E-state index contributed by atoms with van der Waals surface area (Å²) in [5.41, 5.74) is 1.22. The molecule has 3 nitrogen and oxygen atoms in total. The Hall–Kier alpha value is -1.06. The van der Waals surface area contributed by atoms with E-state index in [-0.39, 0.29) is 12.2 Å². The smallest absolute Gasteiger partial charge is 0.119 e. The first-order valence-electron chi connectivity index (χ1n) is 7.66. The van der Waals surface area contributed by atoms with Gasteiger partial charge in [0.2, 0.25) is 0 Å². The van der Waals surface area contributed by atoms with E-state index in [9.17, 15) is 0 Å². The minimum atomic E-state index is 0.159.